The summed E-state index contributed by atoms with van der Waals surface area (Å²) in [6.07, 6.45) is 0. The highest BCUT2D eigenvalue weighted by Crippen LogP contribution is 2.54. The quantitative estimate of drug-likeness (QED) is 0.178. The van der Waals surface area contributed by atoms with Gasteiger partial charge >= 0.3 is 0 Å². The molecule has 0 saturated carbocycles. The normalized spacial score (nSPS) is 13.5. The van der Waals surface area contributed by atoms with E-state index in [0.717, 1.165) is 0 Å². The van der Waals surface area contributed by atoms with Gasteiger partial charge in [-0.2, -0.15) is 0 Å². The standard InChI is InChI=1S/C47H32/c1-47(2)42-21-10-9-20-40(42)46-38-19-8-7-18-36(38)41(28-43(46)47)35-17-6-5-15-33(35)32-14-3-4-16-34(32)37-26-24-31-23-22-29-12-11-13-30-25-27-39(37)45(31)44(29)30/h3-28H,1-2H3. The van der Waals surface area contributed by atoms with Crippen molar-refractivity contribution in [3.05, 3.63) is 169 Å². The third-order valence-corrected chi connectivity index (χ3v) is 10.8. The Labute approximate surface area is 274 Å². The van der Waals surface area contributed by atoms with Gasteiger partial charge in [-0.25, -0.2) is 0 Å². The average Bonchev–Trinajstić information content (AvgIpc) is 3.36. The summed E-state index contributed by atoms with van der Waals surface area (Å²) in [5.74, 6) is 0. The molecule has 0 nitrogen and oxygen atoms in total. The predicted octanol–water partition coefficient (Wildman–Crippen LogP) is 13.0. The molecule has 0 bridgehead atoms. The molecule has 0 aromatic heterocycles. The van der Waals surface area contributed by atoms with Crippen molar-refractivity contribution in [3.8, 4) is 44.5 Å². The molecule has 47 heavy (non-hydrogen) atoms. The first kappa shape index (κ1) is 26.5. The molecule has 220 valence electrons. The maximum Gasteiger partial charge on any atom is 0.0159 e. The van der Waals surface area contributed by atoms with Gasteiger partial charge in [-0.1, -0.05) is 166 Å². The van der Waals surface area contributed by atoms with Crippen molar-refractivity contribution in [1.82, 2.24) is 0 Å². The van der Waals surface area contributed by atoms with Crippen LogP contribution >= 0.6 is 0 Å². The highest BCUT2D eigenvalue weighted by atomic mass is 14.4. The van der Waals surface area contributed by atoms with Crippen LogP contribution in [-0.4, -0.2) is 0 Å². The topological polar surface area (TPSA) is 0 Å². The van der Waals surface area contributed by atoms with Crippen LogP contribution in [0.15, 0.2) is 158 Å². The molecule has 0 spiro atoms. The summed E-state index contributed by atoms with van der Waals surface area (Å²) in [6, 6.07) is 58.9. The van der Waals surface area contributed by atoms with E-state index in [9.17, 15) is 0 Å². The zero-order valence-electron chi connectivity index (χ0n) is 26.5. The van der Waals surface area contributed by atoms with Crippen LogP contribution in [0.3, 0.4) is 0 Å². The van der Waals surface area contributed by atoms with Crippen LogP contribution in [0.4, 0.5) is 0 Å². The van der Waals surface area contributed by atoms with Crippen molar-refractivity contribution >= 4 is 43.1 Å². The van der Waals surface area contributed by atoms with Crippen molar-refractivity contribution in [2.24, 2.45) is 0 Å². The first-order valence-electron chi connectivity index (χ1n) is 16.6. The van der Waals surface area contributed by atoms with Crippen molar-refractivity contribution in [1.29, 1.82) is 0 Å². The summed E-state index contributed by atoms with van der Waals surface area (Å²) < 4.78 is 0. The van der Waals surface area contributed by atoms with Gasteiger partial charge in [0, 0.05) is 5.41 Å². The second kappa shape index (κ2) is 9.64. The van der Waals surface area contributed by atoms with E-state index in [1.54, 1.807) is 0 Å². The van der Waals surface area contributed by atoms with Gasteiger partial charge in [0.25, 0.3) is 0 Å². The van der Waals surface area contributed by atoms with E-state index < -0.39 is 0 Å². The van der Waals surface area contributed by atoms with E-state index in [-0.39, 0.29) is 5.41 Å². The van der Waals surface area contributed by atoms with Crippen LogP contribution < -0.4 is 0 Å². The van der Waals surface area contributed by atoms with Gasteiger partial charge in [0.05, 0.1) is 0 Å². The summed E-state index contributed by atoms with van der Waals surface area (Å²) >= 11 is 0. The number of rotatable bonds is 3. The molecule has 0 fully saturated rings. The molecule has 0 N–H and O–H groups in total. The van der Waals surface area contributed by atoms with E-state index in [4.69, 9.17) is 0 Å². The van der Waals surface area contributed by atoms with Gasteiger partial charge in [0.1, 0.15) is 0 Å². The first-order valence-corrected chi connectivity index (χ1v) is 16.6. The molecule has 0 aliphatic heterocycles. The SMILES string of the molecule is CC1(C)c2ccccc2-c2c1cc(-c1ccccc1-c1ccccc1-c1ccc3ccc4cccc5ccc1c3c45)c1ccccc21. The zero-order valence-corrected chi connectivity index (χ0v) is 26.5. The number of hydrogen-bond donors (Lipinski definition) is 0. The van der Waals surface area contributed by atoms with E-state index in [0.29, 0.717) is 0 Å². The van der Waals surface area contributed by atoms with Crippen molar-refractivity contribution in [3.63, 3.8) is 0 Å². The second-order valence-electron chi connectivity index (χ2n) is 13.6. The number of benzene rings is 9. The van der Waals surface area contributed by atoms with Crippen LogP contribution in [0.5, 0.6) is 0 Å². The fraction of sp³-hybridized carbons (Fsp3) is 0.0638. The van der Waals surface area contributed by atoms with Gasteiger partial charge in [0.2, 0.25) is 0 Å². The van der Waals surface area contributed by atoms with Gasteiger partial charge < -0.3 is 0 Å². The molecule has 10 rings (SSSR count). The minimum absolute atomic E-state index is 0.0840. The third kappa shape index (κ3) is 3.64. The monoisotopic (exact) mass is 596 g/mol. The van der Waals surface area contributed by atoms with Gasteiger partial charge in [-0.05, 0) is 105 Å². The highest BCUT2D eigenvalue weighted by Gasteiger charge is 2.37. The van der Waals surface area contributed by atoms with E-state index in [2.05, 4.69) is 172 Å². The van der Waals surface area contributed by atoms with Crippen LogP contribution in [-0.2, 0) is 5.41 Å². The van der Waals surface area contributed by atoms with Gasteiger partial charge in [0.15, 0.2) is 0 Å². The molecule has 9 aromatic rings. The second-order valence-corrected chi connectivity index (χ2v) is 13.6. The summed E-state index contributed by atoms with van der Waals surface area (Å²) in [6.45, 7) is 4.76. The first-order chi connectivity index (χ1) is 23.1. The molecule has 0 saturated heterocycles. The Morgan fingerprint density at radius 1 is 0.319 bits per heavy atom. The molecule has 0 amide bonds. The van der Waals surface area contributed by atoms with E-state index in [1.165, 1.54) is 98.7 Å². The van der Waals surface area contributed by atoms with Crippen molar-refractivity contribution in [2.45, 2.75) is 19.3 Å². The molecule has 0 radical (unpaired) electrons. The van der Waals surface area contributed by atoms with Gasteiger partial charge in [-0.15, -0.1) is 0 Å². The lowest BCUT2D eigenvalue weighted by Crippen LogP contribution is -2.15. The molecular weight excluding hydrogens is 565 g/mol. The maximum atomic E-state index is 2.50. The smallest absolute Gasteiger partial charge is 0.0159 e. The average molecular weight is 597 g/mol. The summed E-state index contributed by atoms with van der Waals surface area (Å²) in [7, 11) is 0. The molecule has 1 aliphatic carbocycles. The molecule has 0 atom stereocenters. The van der Waals surface area contributed by atoms with Crippen LogP contribution in [0.1, 0.15) is 25.0 Å². The molecular formula is C47H32. The molecule has 0 heterocycles. The number of fused-ring (bicyclic) bond motifs is 5. The lowest BCUT2D eigenvalue weighted by Gasteiger charge is -2.24. The Balaban J connectivity index is 1.24. The van der Waals surface area contributed by atoms with Gasteiger partial charge in [-0.3, -0.25) is 0 Å². The Bertz CT molecular complexity index is 2690. The fourth-order valence-corrected chi connectivity index (χ4v) is 8.65. The Morgan fingerprint density at radius 2 is 0.830 bits per heavy atom. The molecule has 9 aromatic carbocycles. The summed E-state index contributed by atoms with van der Waals surface area (Å²) in [5, 5.41) is 10.5. The fourth-order valence-electron chi connectivity index (χ4n) is 8.65. The van der Waals surface area contributed by atoms with Crippen molar-refractivity contribution in [2.75, 3.05) is 0 Å². The minimum Gasteiger partial charge on any atom is -0.0619 e. The molecule has 0 heteroatoms. The molecule has 1 aliphatic rings. The Hall–Kier alpha value is -5.72. The van der Waals surface area contributed by atoms with Crippen LogP contribution in [0, 0.1) is 0 Å². The van der Waals surface area contributed by atoms with E-state index in [1.807, 2.05) is 0 Å². The summed E-state index contributed by atoms with van der Waals surface area (Å²) in [5.41, 5.74) is 13.1. The third-order valence-electron chi connectivity index (χ3n) is 10.8. The number of hydrogen-bond acceptors (Lipinski definition) is 0. The molecule has 0 unspecified atom stereocenters. The zero-order chi connectivity index (χ0) is 31.3. The summed E-state index contributed by atoms with van der Waals surface area (Å²) in [4.78, 5) is 0. The minimum atomic E-state index is -0.0840. The maximum absolute atomic E-state index is 2.50. The van der Waals surface area contributed by atoms with Crippen LogP contribution in [0.25, 0.3) is 87.6 Å². The largest absolute Gasteiger partial charge is 0.0619 e. The lowest BCUT2D eigenvalue weighted by molar-refractivity contribution is 0.661. The van der Waals surface area contributed by atoms with E-state index >= 15 is 0 Å². The van der Waals surface area contributed by atoms with Crippen LogP contribution in [0.2, 0.25) is 0 Å². The van der Waals surface area contributed by atoms with Crippen molar-refractivity contribution < 1.29 is 0 Å². The predicted molar refractivity (Wildman–Crippen MR) is 202 cm³/mol. The highest BCUT2D eigenvalue weighted by molar-refractivity contribution is 6.26. The Morgan fingerprint density at radius 3 is 1.53 bits per heavy atom. The lowest BCUT2D eigenvalue weighted by atomic mass is 9.79. The Kier molecular flexibility index (Phi) is 5.44.